The van der Waals surface area contributed by atoms with Crippen LogP contribution in [0.2, 0.25) is 0 Å². The van der Waals surface area contributed by atoms with Crippen LogP contribution in [0, 0.1) is 0 Å². The molecule has 0 aliphatic rings. The summed E-state index contributed by atoms with van der Waals surface area (Å²) in [6.45, 7) is 0.328. The van der Waals surface area contributed by atoms with Crippen LogP contribution in [-0.2, 0) is 14.9 Å². The highest BCUT2D eigenvalue weighted by Gasteiger charge is 2.18. The van der Waals surface area contributed by atoms with Crippen molar-refractivity contribution in [2.24, 2.45) is 0 Å². The highest BCUT2D eigenvalue weighted by atomic mass is 32.3. The summed E-state index contributed by atoms with van der Waals surface area (Å²) in [5, 5.41) is 1.65. The average Bonchev–Trinajstić information content (AvgIpc) is 3.22. The molecule has 0 unspecified atom stereocenters. The lowest BCUT2D eigenvalue weighted by Crippen LogP contribution is -2.12. The summed E-state index contributed by atoms with van der Waals surface area (Å²) < 4.78 is 39.8. The van der Waals surface area contributed by atoms with Crippen LogP contribution in [0.1, 0.15) is 10.4 Å². The number of carbonyl (C=O) groups is 1. The molecule has 3 aromatic rings. The van der Waals surface area contributed by atoms with Crippen LogP contribution in [0.5, 0.6) is 11.5 Å². The molecule has 1 heterocycles. The second kappa shape index (κ2) is 8.70. The maximum absolute atomic E-state index is 12.1. The zero-order chi connectivity index (χ0) is 19.1. The fourth-order valence-electron chi connectivity index (χ4n) is 2.11. The number of carbonyl (C=O) groups excluding carboxylic acids is 1. The van der Waals surface area contributed by atoms with E-state index in [1.165, 1.54) is 30.3 Å². The van der Waals surface area contributed by atoms with Gasteiger partial charge in [-0.25, -0.2) is 4.79 Å². The Hall–Kier alpha value is -2.84. The van der Waals surface area contributed by atoms with Gasteiger partial charge in [-0.1, -0.05) is 24.3 Å². The fourth-order valence-corrected chi connectivity index (χ4v) is 3.99. The van der Waals surface area contributed by atoms with Crippen molar-refractivity contribution in [2.75, 3.05) is 13.2 Å². The molecular formula is C19H16O6S2. The molecule has 140 valence electrons. The first-order chi connectivity index (χ1) is 13.0. The Labute approximate surface area is 161 Å². The molecule has 0 aliphatic carbocycles. The number of benzene rings is 2. The Morgan fingerprint density at radius 1 is 0.852 bits per heavy atom. The first kappa shape index (κ1) is 18.9. The second-order valence-electron chi connectivity index (χ2n) is 5.29. The molecule has 8 heteroatoms. The van der Waals surface area contributed by atoms with E-state index in [0.29, 0.717) is 5.75 Å². The summed E-state index contributed by atoms with van der Waals surface area (Å²) in [5.74, 6) is 0.286. The summed E-state index contributed by atoms with van der Waals surface area (Å²) in [7, 11) is -3.86. The van der Waals surface area contributed by atoms with Crippen LogP contribution in [0.4, 0.5) is 0 Å². The van der Waals surface area contributed by atoms with E-state index in [2.05, 4.69) is 0 Å². The third-order valence-electron chi connectivity index (χ3n) is 3.37. The Bertz CT molecular complexity index is 965. The van der Waals surface area contributed by atoms with Crippen molar-refractivity contribution in [3.8, 4) is 11.5 Å². The summed E-state index contributed by atoms with van der Waals surface area (Å²) in [4.78, 5) is 12.0. The van der Waals surface area contributed by atoms with Crippen LogP contribution >= 0.6 is 11.3 Å². The summed E-state index contributed by atoms with van der Waals surface area (Å²) >= 11 is 1.07. The van der Waals surface area contributed by atoms with Crippen molar-refractivity contribution in [2.45, 2.75) is 4.21 Å². The molecule has 0 spiro atoms. The lowest BCUT2D eigenvalue weighted by atomic mass is 10.2. The molecule has 0 radical (unpaired) electrons. The topological polar surface area (TPSA) is 78.9 Å². The van der Waals surface area contributed by atoms with Crippen molar-refractivity contribution in [1.29, 1.82) is 0 Å². The zero-order valence-corrected chi connectivity index (χ0v) is 15.7. The average molecular weight is 404 g/mol. The molecule has 0 saturated heterocycles. The van der Waals surface area contributed by atoms with E-state index in [1.807, 2.05) is 30.3 Å². The summed E-state index contributed by atoms with van der Waals surface area (Å²) in [6, 6.07) is 18.0. The molecule has 0 atom stereocenters. The van der Waals surface area contributed by atoms with E-state index in [0.717, 1.165) is 11.3 Å². The molecule has 27 heavy (non-hydrogen) atoms. The second-order valence-corrected chi connectivity index (χ2v) is 8.01. The third kappa shape index (κ3) is 5.32. The van der Waals surface area contributed by atoms with E-state index < -0.39 is 16.1 Å². The van der Waals surface area contributed by atoms with Crippen molar-refractivity contribution < 1.29 is 26.9 Å². The molecule has 2 aromatic carbocycles. The van der Waals surface area contributed by atoms with Crippen LogP contribution in [0.25, 0.3) is 0 Å². The maximum Gasteiger partial charge on any atom is 0.348 e. The highest BCUT2D eigenvalue weighted by Crippen LogP contribution is 2.22. The van der Waals surface area contributed by atoms with Gasteiger partial charge in [-0.05, 0) is 47.8 Å². The number of thiophene rings is 1. The van der Waals surface area contributed by atoms with Gasteiger partial charge < -0.3 is 13.7 Å². The number of para-hydroxylation sites is 1. The number of ether oxygens (including phenoxy) is 2. The summed E-state index contributed by atoms with van der Waals surface area (Å²) in [6.07, 6.45) is 0. The van der Waals surface area contributed by atoms with E-state index in [4.69, 9.17) is 13.7 Å². The predicted molar refractivity (Wildman–Crippen MR) is 101 cm³/mol. The van der Waals surface area contributed by atoms with Gasteiger partial charge in [0.15, 0.2) is 4.21 Å². The van der Waals surface area contributed by atoms with Gasteiger partial charge in [0.2, 0.25) is 0 Å². The van der Waals surface area contributed by atoms with Crippen LogP contribution in [-0.4, -0.2) is 27.6 Å². The van der Waals surface area contributed by atoms with Gasteiger partial charge in [0.25, 0.3) is 0 Å². The Kier molecular flexibility index (Phi) is 6.10. The predicted octanol–water partition coefficient (Wildman–Crippen LogP) is 3.75. The number of hydrogen-bond acceptors (Lipinski definition) is 7. The Balaban J connectivity index is 1.50. The quantitative estimate of drug-likeness (QED) is 0.323. The molecule has 6 nitrogen and oxygen atoms in total. The first-order valence-electron chi connectivity index (χ1n) is 7.98. The maximum atomic E-state index is 12.1. The molecule has 0 aliphatic heterocycles. The minimum absolute atomic E-state index is 0.0960. The van der Waals surface area contributed by atoms with Crippen LogP contribution in [0.3, 0.4) is 0 Å². The van der Waals surface area contributed by atoms with Crippen LogP contribution < -0.4 is 8.92 Å². The van der Waals surface area contributed by atoms with Gasteiger partial charge in [0, 0.05) is 0 Å². The number of rotatable bonds is 8. The minimum atomic E-state index is -3.86. The molecule has 0 saturated carbocycles. The first-order valence-corrected chi connectivity index (χ1v) is 10.3. The van der Waals surface area contributed by atoms with Crippen molar-refractivity contribution in [3.63, 3.8) is 0 Å². The molecule has 0 amide bonds. The Morgan fingerprint density at radius 2 is 1.59 bits per heavy atom. The van der Waals surface area contributed by atoms with Crippen molar-refractivity contribution in [3.05, 3.63) is 77.7 Å². The molecule has 0 fully saturated rings. The Morgan fingerprint density at radius 3 is 2.26 bits per heavy atom. The monoisotopic (exact) mass is 404 g/mol. The molecule has 3 rings (SSSR count). The standard InChI is InChI=1S/C19H16O6S2/c20-19(24-13-12-23-16-5-2-1-3-6-16)15-8-10-17(11-9-15)25-27(21,22)18-7-4-14-26-18/h1-11,14H,12-13H2. The van der Waals surface area contributed by atoms with E-state index >= 15 is 0 Å². The lowest BCUT2D eigenvalue weighted by Gasteiger charge is -2.08. The van der Waals surface area contributed by atoms with Gasteiger partial charge in [-0.15, -0.1) is 11.3 Å². The lowest BCUT2D eigenvalue weighted by molar-refractivity contribution is 0.0450. The normalized spacial score (nSPS) is 11.0. The zero-order valence-electron chi connectivity index (χ0n) is 14.1. The number of hydrogen-bond donors (Lipinski definition) is 0. The van der Waals surface area contributed by atoms with Gasteiger partial charge in [-0.2, -0.15) is 8.42 Å². The van der Waals surface area contributed by atoms with E-state index in [1.54, 1.807) is 11.4 Å². The highest BCUT2D eigenvalue weighted by molar-refractivity contribution is 7.89. The number of esters is 1. The van der Waals surface area contributed by atoms with Gasteiger partial charge in [-0.3, -0.25) is 0 Å². The largest absolute Gasteiger partial charge is 0.490 e. The fraction of sp³-hybridized carbons (Fsp3) is 0.105. The third-order valence-corrected chi connectivity index (χ3v) is 5.97. The van der Waals surface area contributed by atoms with Gasteiger partial charge in [0.05, 0.1) is 5.56 Å². The SMILES string of the molecule is O=C(OCCOc1ccccc1)c1ccc(OS(=O)(=O)c2cccs2)cc1. The smallest absolute Gasteiger partial charge is 0.348 e. The molecule has 0 bridgehead atoms. The molecule has 1 aromatic heterocycles. The molecular weight excluding hydrogens is 388 g/mol. The van der Waals surface area contributed by atoms with Crippen molar-refractivity contribution in [1.82, 2.24) is 0 Å². The van der Waals surface area contributed by atoms with E-state index in [-0.39, 0.29) is 28.7 Å². The van der Waals surface area contributed by atoms with E-state index in [9.17, 15) is 13.2 Å². The van der Waals surface area contributed by atoms with Crippen molar-refractivity contribution >= 4 is 27.4 Å². The van der Waals surface area contributed by atoms with Gasteiger partial charge in [0.1, 0.15) is 24.7 Å². The minimum Gasteiger partial charge on any atom is -0.490 e. The van der Waals surface area contributed by atoms with Crippen LogP contribution in [0.15, 0.2) is 76.3 Å². The summed E-state index contributed by atoms with van der Waals surface area (Å²) in [5.41, 5.74) is 0.288. The van der Waals surface area contributed by atoms with Gasteiger partial charge >= 0.3 is 16.1 Å². The molecule has 0 N–H and O–H groups in total.